The molecular weight excluding hydrogens is 268 g/mol. The first-order valence-corrected chi connectivity index (χ1v) is 10.8. The number of ether oxygens (including phenoxy) is 1. The topological polar surface area (TPSA) is 38.7 Å². The quantitative estimate of drug-likeness (QED) is 0.810. The smallest absolute Gasteiger partial charge is 0.192 e. The van der Waals surface area contributed by atoms with Crippen molar-refractivity contribution in [2.75, 3.05) is 13.2 Å². The molecule has 0 radical (unpaired) electrons. The van der Waals surface area contributed by atoms with Gasteiger partial charge < -0.3 is 14.3 Å². The van der Waals surface area contributed by atoms with Crippen LogP contribution in [0.3, 0.4) is 0 Å². The maximum absolute atomic E-state index is 11.3. The van der Waals surface area contributed by atoms with E-state index in [0.717, 1.165) is 19.4 Å². The van der Waals surface area contributed by atoms with Gasteiger partial charge in [-0.2, -0.15) is 0 Å². The number of hydrogen-bond donors (Lipinski definition) is 1. The first-order valence-electron chi connectivity index (χ1n) is 7.93. The SMILES string of the molecule is C[C@H]1CO[C@@]2(C)CC[C@@H]1C2(O)CO[Si](C)(C)C(C)(C)C. The standard InChI is InChI=1S/C16H32O3Si/c1-12-10-18-15(5)9-8-13(12)16(15,17)11-19-20(6,7)14(2,3)4/h12-13,17H,8-11H2,1-7H3/t12-,13-,15-,16?/m0/s1. The van der Waals surface area contributed by atoms with Gasteiger partial charge in [0.15, 0.2) is 8.32 Å². The van der Waals surface area contributed by atoms with Crippen molar-refractivity contribution in [2.24, 2.45) is 11.8 Å². The molecule has 1 heterocycles. The maximum Gasteiger partial charge on any atom is 0.192 e. The lowest BCUT2D eigenvalue weighted by molar-refractivity contribution is -0.231. The van der Waals surface area contributed by atoms with Crippen molar-refractivity contribution in [3.05, 3.63) is 0 Å². The van der Waals surface area contributed by atoms with Crippen LogP contribution in [0.4, 0.5) is 0 Å². The van der Waals surface area contributed by atoms with Crippen LogP contribution in [0.1, 0.15) is 47.5 Å². The Morgan fingerprint density at radius 3 is 2.50 bits per heavy atom. The van der Waals surface area contributed by atoms with Crippen LogP contribution >= 0.6 is 0 Å². The molecule has 118 valence electrons. The van der Waals surface area contributed by atoms with E-state index in [1.807, 2.05) is 0 Å². The van der Waals surface area contributed by atoms with Gasteiger partial charge in [-0.25, -0.2) is 0 Å². The van der Waals surface area contributed by atoms with Gasteiger partial charge in [0.05, 0.1) is 18.8 Å². The molecule has 1 saturated heterocycles. The Labute approximate surface area is 125 Å². The van der Waals surface area contributed by atoms with Crippen LogP contribution in [0.5, 0.6) is 0 Å². The lowest BCUT2D eigenvalue weighted by Crippen LogP contribution is -2.62. The van der Waals surface area contributed by atoms with E-state index < -0.39 is 19.5 Å². The van der Waals surface area contributed by atoms with Gasteiger partial charge in [0, 0.05) is 0 Å². The molecule has 0 amide bonds. The van der Waals surface area contributed by atoms with E-state index in [0.29, 0.717) is 18.4 Å². The zero-order valence-electron chi connectivity index (χ0n) is 14.2. The number of rotatable bonds is 3. The Morgan fingerprint density at radius 1 is 1.35 bits per heavy atom. The summed E-state index contributed by atoms with van der Waals surface area (Å²) in [5.41, 5.74) is -1.24. The summed E-state index contributed by atoms with van der Waals surface area (Å²) in [6.07, 6.45) is 1.99. The van der Waals surface area contributed by atoms with Gasteiger partial charge in [-0.15, -0.1) is 0 Å². The molecule has 0 aromatic heterocycles. The molecule has 1 aliphatic carbocycles. The number of fused-ring (bicyclic) bond motifs is 2. The minimum absolute atomic E-state index is 0.171. The minimum Gasteiger partial charge on any atom is -0.414 e. The van der Waals surface area contributed by atoms with E-state index in [-0.39, 0.29) is 5.04 Å². The largest absolute Gasteiger partial charge is 0.414 e. The third-order valence-electron chi connectivity index (χ3n) is 6.27. The van der Waals surface area contributed by atoms with Crippen molar-refractivity contribution in [1.82, 2.24) is 0 Å². The van der Waals surface area contributed by atoms with Crippen LogP contribution in [0.15, 0.2) is 0 Å². The molecule has 2 fully saturated rings. The first kappa shape index (κ1) is 16.5. The summed E-state index contributed by atoms with van der Waals surface area (Å²) in [6.45, 7) is 16.6. The predicted octanol–water partition coefficient (Wildman–Crippen LogP) is 3.57. The summed E-state index contributed by atoms with van der Waals surface area (Å²) in [7, 11) is -1.84. The second-order valence-electron chi connectivity index (χ2n) is 8.64. The molecule has 4 heteroatoms. The van der Waals surface area contributed by atoms with E-state index in [1.165, 1.54) is 0 Å². The Bertz CT molecular complexity index is 376. The summed E-state index contributed by atoms with van der Waals surface area (Å²) in [6, 6.07) is 0. The van der Waals surface area contributed by atoms with E-state index in [9.17, 15) is 5.11 Å². The zero-order chi connectivity index (χ0) is 15.4. The van der Waals surface area contributed by atoms with E-state index in [1.54, 1.807) is 0 Å². The average molecular weight is 301 g/mol. The molecule has 2 rings (SSSR count). The Hall–Kier alpha value is 0.0969. The molecule has 0 aromatic carbocycles. The highest BCUT2D eigenvalue weighted by Crippen LogP contribution is 2.53. The third kappa shape index (κ3) is 2.38. The summed E-state index contributed by atoms with van der Waals surface area (Å²) < 4.78 is 12.4. The fourth-order valence-electron chi connectivity index (χ4n) is 3.43. The molecule has 2 aliphatic rings. The highest BCUT2D eigenvalue weighted by molar-refractivity contribution is 6.74. The Kier molecular flexibility index (Phi) is 3.95. The summed E-state index contributed by atoms with van der Waals surface area (Å²) in [5, 5.41) is 11.5. The van der Waals surface area contributed by atoms with Crippen LogP contribution in [0.25, 0.3) is 0 Å². The lowest BCUT2D eigenvalue weighted by atomic mass is 9.74. The van der Waals surface area contributed by atoms with Crippen LogP contribution < -0.4 is 0 Å². The number of aliphatic hydroxyl groups is 1. The number of hydrogen-bond acceptors (Lipinski definition) is 3. The molecule has 0 spiro atoms. The molecule has 1 saturated carbocycles. The predicted molar refractivity (Wildman–Crippen MR) is 84.3 cm³/mol. The van der Waals surface area contributed by atoms with E-state index in [2.05, 4.69) is 47.7 Å². The normalized spacial score (nSPS) is 42.0. The van der Waals surface area contributed by atoms with Gasteiger partial charge >= 0.3 is 0 Å². The van der Waals surface area contributed by atoms with Crippen molar-refractivity contribution in [3.8, 4) is 0 Å². The molecule has 3 nitrogen and oxygen atoms in total. The maximum atomic E-state index is 11.3. The first-order chi connectivity index (χ1) is 8.93. The van der Waals surface area contributed by atoms with Crippen LogP contribution in [-0.2, 0) is 9.16 Å². The average Bonchev–Trinajstić information content (AvgIpc) is 2.44. The van der Waals surface area contributed by atoms with Crippen molar-refractivity contribution in [2.45, 2.75) is 76.8 Å². The van der Waals surface area contributed by atoms with Crippen molar-refractivity contribution < 1.29 is 14.3 Å². The fraction of sp³-hybridized carbons (Fsp3) is 1.00. The second-order valence-corrected chi connectivity index (χ2v) is 13.4. The fourth-order valence-corrected chi connectivity index (χ4v) is 4.44. The molecule has 4 atom stereocenters. The van der Waals surface area contributed by atoms with Gasteiger partial charge in [0.2, 0.25) is 0 Å². The Morgan fingerprint density at radius 2 is 1.95 bits per heavy atom. The van der Waals surface area contributed by atoms with Gasteiger partial charge in [0.1, 0.15) is 5.60 Å². The molecular formula is C16H32O3Si. The van der Waals surface area contributed by atoms with Crippen LogP contribution in [-0.4, -0.2) is 37.8 Å². The molecule has 1 aliphatic heterocycles. The van der Waals surface area contributed by atoms with Crippen LogP contribution in [0.2, 0.25) is 18.1 Å². The molecule has 1 N–H and O–H groups in total. The highest BCUT2D eigenvalue weighted by atomic mass is 28.4. The summed E-state index contributed by atoms with van der Waals surface area (Å²) in [5.74, 6) is 0.726. The van der Waals surface area contributed by atoms with E-state index in [4.69, 9.17) is 9.16 Å². The van der Waals surface area contributed by atoms with Gasteiger partial charge in [-0.1, -0.05) is 27.7 Å². The van der Waals surface area contributed by atoms with Crippen molar-refractivity contribution >= 4 is 8.32 Å². The van der Waals surface area contributed by atoms with Crippen molar-refractivity contribution in [3.63, 3.8) is 0 Å². The second kappa shape index (κ2) is 4.80. The Balaban J connectivity index is 2.16. The zero-order valence-corrected chi connectivity index (χ0v) is 15.2. The monoisotopic (exact) mass is 300 g/mol. The van der Waals surface area contributed by atoms with E-state index >= 15 is 0 Å². The minimum atomic E-state index is -1.84. The van der Waals surface area contributed by atoms with Crippen LogP contribution in [0, 0.1) is 11.8 Å². The van der Waals surface area contributed by atoms with Crippen molar-refractivity contribution in [1.29, 1.82) is 0 Å². The molecule has 2 bridgehead atoms. The molecule has 1 unspecified atom stereocenters. The summed E-state index contributed by atoms with van der Waals surface area (Å²) >= 11 is 0. The van der Waals surface area contributed by atoms with Gasteiger partial charge in [-0.3, -0.25) is 0 Å². The molecule has 0 aromatic rings. The van der Waals surface area contributed by atoms with Gasteiger partial charge in [-0.05, 0) is 49.7 Å². The lowest BCUT2D eigenvalue weighted by Gasteiger charge is -2.50. The third-order valence-corrected chi connectivity index (χ3v) is 10.8. The highest BCUT2D eigenvalue weighted by Gasteiger charge is 2.62. The summed E-state index contributed by atoms with van der Waals surface area (Å²) in [4.78, 5) is 0. The van der Waals surface area contributed by atoms with Gasteiger partial charge in [0.25, 0.3) is 0 Å². The molecule has 20 heavy (non-hydrogen) atoms.